The number of ether oxygens (including phenoxy) is 1. The van der Waals surface area contributed by atoms with Crippen molar-refractivity contribution in [1.82, 2.24) is 5.32 Å². The summed E-state index contributed by atoms with van der Waals surface area (Å²) < 4.78 is 10.7. The molecule has 2 aromatic carbocycles. The van der Waals surface area contributed by atoms with Crippen molar-refractivity contribution in [3.63, 3.8) is 0 Å². The molecule has 144 valence electrons. The second kappa shape index (κ2) is 9.41. The van der Waals surface area contributed by atoms with Gasteiger partial charge >= 0.3 is 0 Å². The lowest BCUT2D eigenvalue weighted by atomic mass is 10.1. The van der Waals surface area contributed by atoms with Gasteiger partial charge in [0, 0.05) is 16.8 Å². The maximum absolute atomic E-state index is 12.4. The maximum atomic E-state index is 12.4. The number of carbonyl (C=O) groups is 2. The number of hydrogen-bond acceptors (Lipinski definition) is 4. The molecule has 2 amide bonds. The van der Waals surface area contributed by atoms with Gasteiger partial charge in [-0.05, 0) is 61.0 Å². The Balaban J connectivity index is 1.60. The molecule has 0 unspecified atom stereocenters. The van der Waals surface area contributed by atoms with Crippen molar-refractivity contribution in [3.05, 3.63) is 83.8 Å². The molecule has 0 aliphatic rings. The summed E-state index contributed by atoms with van der Waals surface area (Å²) in [7, 11) is 0. The zero-order valence-corrected chi connectivity index (χ0v) is 15.6. The zero-order valence-electron chi connectivity index (χ0n) is 15.6. The van der Waals surface area contributed by atoms with Gasteiger partial charge in [0.05, 0.1) is 19.4 Å². The summed E-state index contributed by atoms with van der Waals surface area (Å²) in [5.74, 6) is 0.901. The molecule has 0 saturated carbocycles. The van der Waals surface area contributed by atoms with Crippen LogP contribution in [0.4, 0.5) is 5.69 Å². The molecule has 1 aromatic heterocycles. The average Bonchev–Trinajstić information content (AvgIpc) is 3.24. The normalized spacial score (nSPS) is 10.3. The van der Waals surface area contributed by atoms with Crippen LogP contribution in [0.15, 0.2) is 71.3 Å². The molecule has 6 heteroatoms. The third kappa shape index (κ3) is 5.23. The Morgan fingerprint density at radius 1 is 0.964 bits per heavy atom. The van der Waals surface area contributed by atoms with E-state index in [0.29, 0.717) is 35.7 Å². The zero-order chi connectivity index (χ0) is 19.8. The molecule has 0 bridgehead atoms. The van der Waals surface area contributed by atoms with E-state index in [-0.39, 0.29) is 11.8 Å². The molecule has 0 saturated heterocycles. The fourth-order valence-electron chi connectivity index (χ4n) is 2.55. The number of rotatable bonds is 8. The van der Waals surface area contributed by atoms with Gasteiger partial charge in [-0.1, -0.05) is 13.0 Å². The highest BCUT2D eigenvalue weighted by molar-refractivity contribution is 6.05. The monoisotopic (exact) mass is 378 g/mol. The van der Waals surface area contributed by atoms with E-state index in [9.17, 15) is 9.59 Å². The molecule has 3 rings (SSSR count). The standard InChI is InChI=1S/C22H22N2O4/c1-2-12-27-19-10-8-16(9-11-19)22(26)24-18-6-3-5-17(14-18)21(25)23-15-20-7-4-13-28-20/h3-11,13-14H,2,12,15H2,1H3,(H,23,25)(H,24,26). The molecule has 0 aliphatic heterocycles. The molecule has 2 N–H and O–H groups in total. The fraction of sp³-hybridized carbons (Fsp3) is 0.182. The molecular weight excluding hydrogens is 356 g/mol. The first-order valence-corrected chi connectivity index (χ1v) is 9.10. The smallest absolute Gasteiger partial charge is 0.255 e. The number of benzene rings is 2. The van der Waals surface area contributed by atoms with Crippen LogP contribution in [0.3, 0.4) is 0 Å². The summed E-state index contributed by atoms with van der Waals surface area (Å²) >= 11 is 0. The highest BCUT2D eigenvalue weighted by atomic mass is 16.5. The Morgan fingerprint density at radius 3 is 2.50 bits per heavy atom. The van der Waals surface area contributed by atoms with Gasteiger partial charge < -0.3 is 19.8 Å². The topological polar surface area (TPSA) is 80.6 Å². The minimum atomic E-state index is -0.254. The van der Waals surface area contributed by atoms with Gasteiger partial charge in [0.2, 0.25) is 0 Å². The molecule has 6 nitrogen and oxygen atoms in total. The molecule has 0 spiro atoms. The molecule has 0 radical (unpaired) electrons. The van der Waals surface area contributed by atoms with E-state index in [0.717, 1.165) is 12.2 Å². The maximum Gasteiger partial charge on any atom is 0.255 e. The first-order chi connectivity index (χ1) is 13.7. The average molecular weight is 378 g/mol. The van der Waals surface area contributed by atoms with Crippen LogP contribution in [0.1, 0.15) is 39.8 Å². The van der Waals surface area contributed by atoms with Crippen molar-refractivity contribution in [2.75, 3.05) is 11.9 Å². The van der Waals surface area contributed by atoms with E-state index in [1.54, 1.807) is 66.9 Å². The van der Waals surface area contributed by atoms with Crippen LogP contribution in [0.25, 0.3) is 0 Å². The summed E-state index contributed by atoms with van der Waals surface area (Å²) in [6, 6.07) is 17.3. The van der Waals surface area contributed by atoms with Gasteiger partial charge in [-0.2, -0.15) is 0 Å². The van der Waals surface area contributed by atoms with Crippen LogP contribution in [0.5, 0.6) is 5.75 Å². The van der Waals surface area contributed by atoms with Crippen molar-refractivity contribution in [1.29, 1.82) is 0 Å². The van der Waals surface area contributed by atoms with Crippen LogP contribution in [-0.2, 0) is 6.54 Å². The second-order valence-corrected chi connectivity index (χ2v) is 6.17. The number of carbonyl (C=O) groups excluding carboxylic acids is 2. The highest BCUT2D eigenvalue weighted by Crippen LogP contribution is 2.16. The van der Waals surface area contributed by atoms with Crippen molar-refractivity contribution in [3.8, 4) is 5.75 Å². The van der Waals surface area contributed by atoms with Gasteiger partial charge in [0.15, 0.2) is 0 Å². The Kier molecular flexibility index (Phi) is 6.46. The predicted molar refractivity (Wildman–Crippen MR) is 107 cm³/mol. The van der Waals surface area contributed by atoms with Crippen molar-refractivity contribution in [2.24, 2.45) is 0 Å². The third-order valence-corrected chi connectivity index (χ3v) is 3.98. The number of hydrogen-bond donors (Lipinski definition) is 2. The second-order valence-electron chi connectivity index (χ2n) is 6.17. The van der Waals surface area contributed by atoms with Gasteiger partial charge in [0.1, 0.15) is 11.5 Å². The predicted octanol–water partition coefficient (Wildman–Crippen LogP) is 4.25. The first-order valence-electron chi connectivity index (χ1n) is 9.10. The Morgan fingerprint density at radius 2 is 1.79 bits per heavy atom. The summed E-state index contributed by atoms with van der Waals surface area (Å²) in [4.78, 5) is 24.7. The number of amides is 2. The van der Waals surface area contributed by atoms with Crippen LogP contribution >= 0.6 is 0 Å². The SMILES string of the molecule is CCCOc1ccc(C(=O)Nc2cccc(C(=O)NCc3ccco3)c2)cc1. The fourth-order valence-corrected chi connectivity index (χ4v) is 2.55. The summed E-state index contributed by atoms with van der Waals surface area (Å²) in [6.45, 7) is 2.97. The summed E-state index contributed by atoms with van der Waals surface area (Å²) in [6.07, 6.45) is 2.48. The molecule has 3 aromatic rings. The molecule has 0 aliphatic carbocycles. The van der Waals surface area contributed by atoms with Crippen molar-refractivity contribution in [2.45, 2.75) is 19.9 Å². The van der Waals surface area contributed by atoms with Crippen LogP contribution in [0.2, 0.25) is 0 Å². The lowest BCUT2D eigenvalue weighted by Gasteiger charge is -2.09. The number of nitrogens with one attached hydrogen (secondary N) is 2. The van der Waals surface area contributed by atoms with Gasteiger partial charge in [-0.15, -0.1) is 0 Å². The lowest BCUT2D eigenvalue weighted by Crippen LogP contribution is -2.22. The van der Waals surface area contributed by atoms with Crippen molar-refractivity contribution >= 4 is 17.5 Å². The van der Waals surface area contributed by atoms with Crippen molar-refractivity contribution < 1.29 is 18.7 Å². The highest BCUT2D eigenvalue weighted by Gasteiger charge is 2.10. The molecule has 0 fully saturated rings. The third-order valence-electron chi connectivity index (χ3n) is 3.98. The molecular formula is C22H22N2O4. The molecule has 28 heavy (non-hydrogen) atoms. The van der Waals surface area contributed by atoms with Crippen LogP contribution in [0, 0.1) is 0 Å². The molecule has 0 atom stereocenters. The Labute approximate surface area is 163 Å². The van der Waals surface area contributed by atoms with E-state index < -0.39 is 0 Å². The molecule has 1 heterocycles. The minimum absolute atomic E-state index is 0.245. The van der Waals surface area contributed by atoms with Gasteiger partial charge in [0.25, 0.3) is 11.8 Å². The lowest BCUT2D eigenvalue weighted by molar-refractivity contribution is 0.0946. The van der Waals surface area contributed by atoms with Crippen LogP contribution < -0.4 is 15.4 Å². The van der Waals surface area contributed by atoms with Gasteiger partial charge in [-0.25, -0.2) is 0 Å². The summed E-state index contributed by atoms with van der Waals surface area (Å²) in [5, 5.41) is 5.58. The van der Waals surface area contributed by atoms with E-state index in [2.05, 4.69) is 10.6 Å². The van der Waals surface area contributed by atoms with Crippen LogP contribution in [-0.4, -0.2) is 18.4 Å². The van der Waals surface area contributed by atoms with E-state index >= 15 is 0 Å². The van der Waals surface area contributed by atoms with E-state index in [4.69, 9.17) is 9.15 Å². The summed E-state index contributed by atoms with van der Waals surface area (Å²) in [5.41, 5.74) is 1.51. The first kappa shape index (κ1) is 19.2. The Hall–Kier alpha value is -3.54. The Bertz CT molecular complexity index is 918. The number of furan rings is 1. The quantitative estimate of drug-likeness (QED) is 0.614. The van der Waals surface area contributed by atoms with Gasteiger partial charge in [-0.3, -0.25) is 9.59 Å². The van der Waals surface area contributed by atoms with E-state index in [1.807, 2.05) is 6.92 Å². The minimum Gasteiger partial charge on any atom is -0.494 e. The van der Waals surface area contributed by atoms with E-state index in [1.165, 1.54) is 0 Å². The number of anilines is 1. The largest absolute Gasteiger partial charge is 0.494 e.